The van der Waals surface area contributed by atoms with Crippen LogP contribution in [0.3, 0.4) is 0 Å². The molecule has 0 amide bonds. The molecule has 1 aromatic heterocycles. The third kappa shape index (κ3) is 2.49. The van der Waals surface area contributed by atoms with E-state index in [1.165, 1.54) is 0 Å². The molecule has 0 saturated heterocycles. The van der Waals surface area contributed by atoms with E-state index in [4.69, 9.17) is 0 Å². The van der Waals surface area contributed by atoms with Crippen LogP contribution in [0.25, 0.3) is 0 Å². The summed E-state index contributed by atoms with van der Waals surface area (Å²) in [5.74, 6) is 0. The van der Waals surface area contributed by atoms with Crippen LogP contribution in [0, 0.1) is 6.92 Å². The van der Waals surface area contributed by atoms with Gasteiger partial charge in [0.1, 0.15) is 0 Å². The Labute approximate surface area is 86.3 Å². The van der Waals surface area contributed by atoms with Gasteiger partial charge >= 0.3 is 0 Å². The van der Waals surface area contributed by atoms with Crippen LogP contribution in [-0.2, 0) is 0 Å². The van der Waals surface area contributed by atoms with E-state index in [1.807, 2.05) is 14.0 Å². The molecule has 0 spiro atoms. The lowest BCUT2D eigenvalue weighted by atomic mass is 10.1. The average Bonchev–Trinajstić information content (AvgIpc) is 2.04. The van der Waals surface area contributed by atoms with Gasteiger partial charge in [-0.15, -0.1) is 0 Å². The fourth-order valence-corrected chi connectivity index (χ4v) is 1.95. The molecule has 0 radical (unpaired) electrons. The Kier molecular flexibility index (Phi) is 3.84. The Morgan fingerprint density at radius 1 is 1.62 bits per heavy atom. The molecule has 0 aliphatic carbocycles. The number of hydrogen-bond donors (Lipinski definition) is 2. The van der Waals surface area contributed by atoms with Crippen molar-refractivity contribution in [2.45, 2.75) is 13.0 Å². The van der Waals surface area contributed by atoms with Crippen molar-refractivity contribution >= 4 is 15.9 Å². The molecule has 0 saturated carbocycles. The molecule has 2 N–H and O–H groups in total. The van der Waals surface area contributed by atoms with Gasteiger partial charge in [0, 0.05) is 29.0 Å². The van der Waals surface area contributed by atoms with Gasteiger partial charge in [-0.2, -0.15) is 0 Å². The van der Waals surface area contributed by atoms with Gasteiger partial charge in [0.25, 0.3) is 0 Å². The summed E-state index contributed by atoms with van der Waals surface area (Å²) in [6, 6.07) is 0. The van der Waals surface area contributed by atoms with Crippen LogP contribution in [0.1, 0.15) is 17.2 Å². The van der Waals surface area contributed by atoms with Crippen LogP contribution in [0.4, 0.5) is 0 Å². The van der Waals surface area contributed by atoms with Gasteiger partial charge in [0.15, 0.2) is 0 Å². The summed E-state index contributed by atoms with van der Waals surface area (Å²) in [6.07, 6.45) is 2.96. The number of aryl methyl sites for hydroxylation is 1. The summed E-state index contributed by atoms with van der Waals surface area (Å²) in [5, 5.41) is 12.7. The summed E-state index contributed by atoms with van der Waals surface area (Å²) < 4.78 is 0.857. The lowest BCUT2D eigenvalue weighted by Crippen LogP contribution is -2.18. The van der Waals surface area contributed by atoms with Crippen LogP contribution in [0.5, 0.6) is 0 Å². The minimum atomic E-state index is -0.484. The second kappa shape index (κ2) is 4.69. The highest BCUT2D eigenvalue weighted by atomic mass is 79.9. The third-order valence-electron chi connectivity index (χ3n) is 1.87. The maximum Gasteiger partial charge on any atom is 0.0928 e. The molecule has 1 atom stereocenters. The summed E-state index contributed by atoms with van der Waals surface area (Å²) in [7, 11) is 1.81. The number of hydrogen-bond acceptors (Lipinski definition) is 3. The summed E-state index contributed by atoms with van der Waals surface area (Å²) in [4.78, 5) is 4.01. The number of aromatic nitrogens is 1. The minimum Gasteiger partial charge on any atom is -0.387 e. The molecule has 1 unspecified atom stereocenters. The third-order valence-corrected chi connectivity index (χ3v) is 2.50. The number of aliphatic hydroxyl groups is 1. The standard InChI is InChI=1S/C9H13BrN2O/c1-6-3-12-4-7(10)9(6)8(13)5-11-2/h3-4,8,11,13H,5H2,1-2H3. The number of likely N-dealkylation sites (N-methyl/N-ethyl adjacent to an activating group) is 1. The molecule has 1 heterocycles. The van der Waals surface area contributed by atoms with E-state index >= 15 is 0 Å². The highest BCUT2D eigenvalue weighted by Crippen LogP contribution is 2.24. The summed E-state index contributed by atoms with van der Waals surface area (Å²) >= 11 is 3.37. The second-order valence-electron chi connectivity index (χ2n) is 2.93. The van der Waals surface area contributed by atoms with Crippen LogP contribution in [-0.4, -0.2) is 23.7 Å². The number of rotatable bonds is 3. The molecular formula is C9H13BrN2O. The summed E-state index contributed by atoms with van der Waals surface area (Å²) in [6.45, 7) is 2.48. The van der Waals surface area contributed by atoms with Crippen molar-refractivity contribution in [2.24, 2.45) is 0 Å². The first-order chi connectivity index (χ1) is 6.16. The molecule has 1 rings (SSSR count). The molecule has 1 aromatic rings. The van der Waals surface area contributed by atoms with Crippen LogP contribution < -0.4 is 5.32 Å². The van der Waals surface area contributed by atoms with Crippen molar-refractivity contribution in [3.63, 3.8) is 0 Å². The van der Waals surface area contributed by atoms with Crippen LogP contribution >= 0.6 is 15.9 Å². The Morgan fingerprint density at radius 2 is 2.31 bits per heavy atom. The lowest BCUT2D eigenvalue weighted by Gasteiger charge is -2.14. The lowest BCUT2D eigenvalue weighted by molar-refractivity contribution is 0.176. The fraction of sp³-hybridized carbons (Fsp3) is 0.444. The van der Waals surface area contributed by atoms with Gasteiger partial charge < -0.3 is 10.4 Å². The Balaban J connectivity index is 2.98. The predicted molar refractivity (Wildman–Crippen MR) is 55.6 cm³/mol. The van der Waals surface area contributed by atoms with Crippen molar-refractivity contribution < 1.29 is 5.11 Å². The summed E-state index contributed by atoms with van der Waals surface area (Å²) in [5.41, 5.74) is 1.90. The van der Waals surface area contributed by atoms with E-state index in [1.54, 1.807) is 12.4 Å². The number of pyridine rings is 1. The first kappa shape index (κ1) is 10.6. The fourth-order valence-electron chi connectivity index (χ4n) is 1.26. The zero-order chi connectivity index (χ0) is 9.84. The largest absolute Gasteiger partial charge is 0.387 e. The predicted octanol–water partition coefficient (Wildman–Crippen LogP) is 1.41. The van der Waals surface area contributed by atoms with Gasteiger partial charge in [0.05, 0.1) is 6.10 Å². The zero-order valence-corrected chi connectivity index (χ0v) is 9.30. The Hall–Kier alpha value is -0.450. The SMILES string of the molecule is CNCC(O)c1c(C)cncc1Br. The Bertz CT molecular complexity index is 271. The monoisotopic (exact) mass is 244 g/mol. The number of nitrogens with zero attached hydrogens (tertiary/aromatic N) is 1. The van der Waals surface area contributed by atoms with E-state index in [2.05, 4.69) is 26.2 Å². The Morgan fingerprint density at radius 3 is 2.85 bits per heavy atom. The first-order valence-electron chi connectivity index (χ1n) is 4.09. The van der Waals surface area contributed by atoms with Crippen molar-refractivity contribution in [3.05, 3.63) is 28.0 Å². The molecule has 3 nitrogen and oxygen atoms in total. The van der Waals surface area contributed by atoms with Crippen LogP contribution in [0.2, 0.25) is 0 Å². The maximum absolute atomic E-state index is 9.76. The quantitative estimate of drug-likeness (QED) is 0.846. The van der Waals surface area contributed by atoms with E-state index in [0.29, 0.717) is 6.54 Å². The van der Waals surface area contributed by atoms with Gasteiger partial charge in [-0.1, -0.05) is 0 Å². The van der Waals surface area contributed by atoms with Gasteiger partial charge in [-0.25, -0.2) is 0 Å². The molecule has 72 valence electrons. The normalized spacial score (nSPS) is 12.9. The van der Waals surface area contributed by atoms with Gasteiger partial charge in [-0.05, 0) is 35.5 Å². The zero-order valence-electron chi connectivity index (χ0n) is 7.71. The smallest absolute Gasteiger partial charge is 0.0928 e. The molecule has 0 bridgehead atoms. The van der Waals surface area contributed by atoms with Gasteiger partial charge in [0.2, 0.25) is 0 Å². The van der Waals surface area contributed by atoms with Crippen molar-refractivity contribution in [2.75, 3.05) is 13.6 Å². The topological polar surface area (TPSA) is 45.1 Å². The molecule has 13 heavy (non-hydrogen) atoms. The number of aliphatic hydroxyl groups excluding tert-OH is 1. The maximum atomic E-state index is 9.76. The van der Waals surface area contributed by atoms with Crippen LogP contribution in [0.15, 0.2) is 16.9 Å². The second-order valence-corrected chi connectivity index (χ2v) is 3.78. The molecule has 0 aliphatic heterocycles. The van der Waals surface area contributed by atoms with Crippen molar-refractivity contribution in [1.29, 1.82) is 0 Å². The molecular weight excluding hydrogens is 232 g/mol. The minimum absolute atomic E-state index is 0.484. The van der Waals surface area contributed by atoms with E-state index in [0.717, 1.165) is 15.6 Å². The van der Waals surface area contributed by atoms with E-state index in [-0.39, 0.29) is 0 Å². The van der Waals surface area contributed by atoms with E-state index < -0.39 is 6.10 Å². The van der Waals surface area contributed by atoms with Crippen molar-refractivity contribution in [1.82, 2.24) is 10.3 Å². The highest BCUT2D eigenvalue weighted by molar-refractivity contribution is 9.10. The first-order valence-corrected chi connectivity index (χ1v) is 4.88. The molecule has 0 aromatic carbocycles. The van der Waals surface area contributed by atoms with Gasteiger partial charge in [-0.3, -0.25) is 4.98 Å². The van der Waals surface area contributed by atoms with E-state index in [9.17, 15) is 5.11 Å². The molecule has 0 aliphatic rings. The number of nitrogens with one attached hydrogen (secondary N) is 1. The number of halogens is 1. The molecule has 0 fully saturated rings. The average molecular weight is 245 g/mol. The molecule has 4 heteroatoms. The van der Waals surface area contributed by atoms with Crippen molar-refractivity contribution in [3.8, 4) is 0 Å². The highest BCUT2D eigenvalue weighted by Gasteiger charge is 2.12.